The van der Waals surface area contributed by atoms with Crippen LogP contribution in [0.2, 0.25) is 0 Å². The third-order valence-corrected chi connectivity index (χ3v) is 5.27. The van der Waals surface area contributed by atoms with E-state index in [9.17, 15) is 23.1 Å². The molecule has 0 unspecified atom stereocenters. The molecule has 9 heteroatoms. The van der Waals surface area contributed by atoms with Crippen LogP contribution in [-0.4, -0.2) is 37.1 Å². The van der Waals surface area contributed by atoms with Gasteiger partial charge >= 0.3 is 16.2 Å². The summed E-state index contributed by atoms with van der Waals surface area (Å²) in [6.45, 7) is -0.393. The molecular weight excluding hydrogens is 360 g/mol. The number of phenols is 1. The number of nitrogens with one attached hydrogen (secondary N) is 1. The molecular formula is C17H16N2O6S. The molecule has 0 saturated carbocycles. The number of aliphatic carboxylic acids is 1. The lowest BCUT2D eigenvalue weighted by Gasteiger charge is -2.17. The fourth-order valence-corrected chi connectivity index (χ4v) is 3.84. The number of allylic oxidation sites excluding steroid dienone is 1. The largest absolute Gasteiger partial charge is 0.506 e. The lowest BCUT2D eigenvalue weighted by atomic mass is 10.0. The summed E-state index contributed by atoms with van der Waals surface area (Å²) in [6.07, 6.45) is 3.95. The second-order valence-electron chi connectivity index (χ2n) is 5.82. The van der Waals surface area contributed by atoms with Crippen molar-refractivity contribution in [1.29, 1.82) is 0 Å². The zero-order valence-corrected chi connectivity index (χ0v) is 14.4. The smallest absolute Gasteiger partial charge is 0.326 e. The molecule has 0 spiro atoms. The van der Waals surface area contributed by atoms with E-state index in [-0.39, 0.29) is 17.9 Å². The molecule has 1 aliphatic rings. The van der Waals surface area contributed by atoms with Crippen molar-refractivity contribution in [1.82, 2.24) is 4.72 Å². The summed E-state index contributed by atoms with van der Waals surface area (Å²) in [5, 5.41) is 20.2. The third-order valence-electron chi connectivity index (χ3n) is 3.88. The third kappa shape index (κ3) is 3.62. The maximum Gasteiger partial charge on any atom is 0.326 e. The molecule has 0 bridgehead atoms. The first-order valence-electron chi connectivity index (χ1n) is 7.75. The quantitative estimate of drug-likeness (QED) is 0.728. The molecule has 26 heavy (non-hydrogen) atoms. The van der Waals surface area contributed by atoms with Gasteiger partial charge in [0.15, 0.2) is 0 Å². The van der Waals surface area contributed by atoms with Gasteiger partial charge in [0.05, 0.1) is 5.69 Å². The first-order chi connectivity index (χ1) is 12.3. The molecule has 8 nitrogen and oxygen atoms in total. The predicted molar refractivity (Wildman–Crippen MR) is 95.9 cm³/mol. The maximum absolute atomic E-state index is 12.0. The molecule has 0 aromatic heterocycles. The number of benzene rings is 2. The summed E-state index contributed by atoms with van der Waals surface area (Å²) in [5.41, 5.74) is 0.820. The van der Waals surface area contributed by atoms with Crippen molar-refractivity contribution in [2.45, 2.75) is 12.8 Å². The van der Waals surface area contributed by atoms with Crippen LogP contribution in [0.1, 0.15) is 18.4 Å². The number of anilines is 1. The molecule has 1 heterocycles. The summed E-state index contributed by atoms with van der Waals surface area (Å²) < 4.78 is 26.6. The minimum absolute atomic E-state index is 0.0165. The average Bonchev–Trinajstić information content (AvgIpc) is 2.83. The Kier molecular flexibility index (Phi) is 4.56. The minimum Gasteiger partial charge on any atom is -0.506 e. The second-order valence-corrected chi connectivity index (χ2v) is 7.41. The van der Waals surface area contributed by atoms with Crippen LogP contribution in [0.5, 0.6) is 5.75 Å². The fraction of sp³-hybridized carbons (Fsp3) is 0.176. The Bertz CT molecular complexity index is 1030. The van der Waals surface area contributed by atoms with Crippen LogP contribution in [0.25, 0.3) is 16.8 Å². The van der Waals surface area contributed by atoms with Crippen molar-refractivity contribution in [3.8, 4) is 5.75 Å². The average molecular weight is 376 g/mol. The van der Waals surface area contributed by atoms with Crippen molar-refractivity contribution in [3.05, 3.63) is 42.0 Å². The van der Waals surface area contributed by atoms with Crippen LogP contribution in [0.4, 0.5) is 5.69 Å². The zero-order valence-electron chi connectivity index (χ0n) is 13.5. The van der Waals surface area contributed by atoms with Gasteiger partial charge in [-0.3, -0.25) is 9.59 Å². The lowest BCUT2D eigenvalue weighted by Crippen LogP contribution is -2.29. The fourth-order valence-electron chi connectivity index (χ4n) is 2.68. The number of carbonyl (C=O) groups is 2. The Labute approximate surface area is 149 Å². The predicted octanol–water partition coefficient (Wildman–Crippen LogP) is 1.60. The van der Waals surface area contributed by atoms with E-state index in [1.54, 1.807) is 30.4 Å². The minimum atomic E-state index is -4.01. The molecule has 1 aliphatic heterocycles. The van der Waals surface area contributed by atoms with Gasteiger partial charge in [0, 0.05) is 6.42 Å². The summed E-state index contributed by atoms with van der Waals surface area (Å²) >= 11 is 0. The van der Waals surface area contributed by atoms with Crippen molar-refractivity contribution in [2.24, 2.45) is 0 Å². The van der Waals surface area contributed by atoms with Crippen LogP contribution in [0, 0.1) is 0 Å². The van der Waals surface area contributed by atoms with E-state index in [4.69, 9.17) is 5.11 Å². The number of hydrogen-bond acceptors (Lipinski definition) is 5. The van der Waals surface area contributed by atoms with E-state index in [0.29, 0.717) is 17.2 Å². The number of rotatable bonds is 5. The van der Waals surface area contributed by atoms with Crippen LogP contribution in [0.3, 0.4) is 0 Å². The van der Waals surface area contributed by atoms with Gasteiger partial charge in [-0.05, 0) is 41.0 Å². The van der Waals surface area contributed by atoms with Crippen LogP contribution in [0.15, 0.2) is 36.4 Å². The molecule has 0 radical (unpaired) electrons. The number of phenolic OH excluding ortho intramolecular Hbond substituents is 1. The Balaban J connectivity index is 1.95. The molecule has 1 saturated heterocycles. The van der Waals surface area contributed by atoms with Crippen LogP contribution in [-0.2, 0) is 19.8 Å². The number of hydrogen-bond donors (Lipinski definition) is 3. The second kappa shape index (κ2) is 6.68. The number of nitrogens with zero attached hydrogens (tertiary/aromatic N) is 1. The topological polar surface area (TPSA) is 124 Å². The summed E-state index contributed by atoms with van der Waals surface area (Å²) in [6, 6.07) is 8.28. The van der Waals surface area contributed by atoms with E-state index < -0.39 is 28.6 Å². The Morgan fingerprint density at radius 3 is 2.65 bits per heavy atom. The number of aromatic hydroxyl groups is 1. The molecule has 0 atom stereocenters. The number of amides is 1. The van der Waals surface area contributed by atoms with Gasteiger partial charge in [-0.1, -0.05) is 24.3 Å². The number of carboxylic acid groups (broad SMARTS) is 1. The highest BCUT2D eigenvalue weighted by Gasteiger charge is 2.35. The Morgan fingerprint density at radius 2 is 2.00 bits per heavy atom. The van der Waals surface area contributed by atoms with E-state index in [2.05, 4.69) is 0 Å². The van der Waals surface area contributed by atoms with Crippen LogP contribution >= 0.6 is 0 Å². The Hall–Kier alpha value is -3.07. The Morgan fingerprint density at radius 1 is 1.23 bits per heavy atom. The molecule has 3 N–H and O–H groups in total. The van der Waals surface area contributed by atoms with Gasteiger partial charge in [-0.15, -0.1) is 0 Å². The van der Waals surface area contributed by atoms with Gasteiger partial charge in [0.1, 0.15) is 12.3 Å². The summed E-state index contributed by atoms with van der Waals surface area (Å²) in [4.78, 5) is 21.9. The van der Waals surface area contributed by atoms with Crippen molar-refractivity contribution in [3.63, 3.8) is 0 Å². The first-order valence-corrected chi connectivity index (χ1v) is 9.19. The van der Waals surface area contributed by atoms with E-state index in [1.165, 1.54) is 12.1 Å². The highest BCUT2D eigenvalue weighted by Crippen LogP contribution is 2.35. The van der Waals surface area contributed by atoms with Gasteiger partial charge in [-0.25, -0.2) is 9.03 Å². The molecule has 3 rings (SSSR count). The van der Waals surface area contributed by atoms with E-state index in [0.717, 1.165) is 9.87 Å². The monoisotopic (exact) mass is 376 g/mol. The van der Waals surface area contributed by atoms with Gasteiger partial charge in [-0.2, -0.15) is 8.42 Å². The highest BCUT2D eigenvalue weighted by atomic mass is 32.2. The van der Waals surface area contributed by atoms with Gasteiger partial charge < -0.3 is 10.2 Å². The molecule has 0 aliphatic carbocycles. The molecule has 1 amide bonds. The SMILES string of the molecule is O=C(O)CCC=Cc1ccc2cc(O)c(N3CC(=O)NS3(=O)=O)cc2c1. The number of fused-ring (bicyclic) bond motifs is 1. The summed E-state index contributed by atoms with van der Waals surface area (Å²) in [7, 11) is -4.01. The van der Waals surface area contributed by atoms with E-state index in [1.807, 2.05) is 4.72 Å². The highest BCUT2D eigenvalue weighted by molar-refractivity contribution is 7.92. The molecule has 136 valence electrons. The van der Waals surface area contributed by atoms with E-state index >= 15 is 0 Å². The zero-order chi connectivity index (χ0) is 18.9. The normalized spacial score (nSPS) is 16.3. The molecule has 2 aromatic carbocycles. The number of carbonyl (C=O) groups excluding carboxylic acids is 1. The van der Waals surface area contributed by atoms with Gasteiger partial charge in [0.25, 0.3) is 5.91 Å². The molecule has 1 fully saturated rings. The van der Waals surface area contributed by atoms with Crippen molar-refractivity contribution >= 4 is 44.6 Å². The standard InChI is InChI=1S/C17H16N2O6S/c20-15-9-12-6-5-11(3-1-2-4-17(22)23)7-13(12)8-14(15)19-10-16(21)18-26(19,24)25/h1,3,5-9,20H,2,4,10H2,(H,18,21)(H,22,23). The van der Waals surface area contributed by atoms with Crippen molar-refractivity contribution in [2.75, 3.05) is 10.8 Å². The summed E-state index contributed by atoms with van der Waals surface area (Å²) in [5.74, 6) is -1.79. The lowest BCUT2D eigenvalue weighted by molar-refractivity contribution is -0.136. The first kappa shape index (κ1) is 17.7. The van der Waals surface area contributed by atoms with Gasteiger partial charge in [0.2, 0.25) is 0 Å². The van der Waals surface area contributed by atoms with Crippen LogP contribution < -0.4 is 9.03 Å². The maximum atomic E-state index is 12.0. The number of carboxylic acids is 1. The van der Waals surface area contributed by atoms with Crippen molar-refractivity contribution < 1.29 is 28.2 Å². The molecule has 2 aromatic rings.